The molecule has 0 spiro atoms. The van der Waals surface area contributed by atoms with Gasteiger partial charge in [-0.25, -0.2) is 0 Å². The van der Waals surface area contributed by atoms with Gasteiger partial charge in [0.2, 0.25) is 11.8 Å². The number of nitrogens with zero attached hydrogens (tertiary/aromatic N) is 3. The van der Waals surface area contributed by atoms with Crippen LogP contribution in [-0.2, 0) is 16.1 Å². The molecule has 0 aliphatic carbocycles. The van der Waals surface area contributed by atoms with Crippen LogP contribution in [0, 0.1) is 5.41 Å². The quantitative estimate of drug-likeness (QED) is 0.757. The molecule has 1 aromatic heterocycles. The van der Waals surface area contributed by atoms with Crippen LogP contribution in [0.15, 0.2) is 48.7 Å². The second kappa shape index (κ2) is 8.94. The summed E-state index contributed by atoms with van der Waals surface area (Å²) in [5.74, 6) is 0.373. The number of benzene rings is 1. The zero-order chi connectivity index (χ0) is 20.9. The minimum atomic E-state index is -1.14. The third-order valence-electron chi connectivity index (χ3n) is 5.25. The Bertz CT molecular complexity index is 846. The van der Waals surface area contributed by atoms with Crippen molar-refractivity contribution in [2.75, 3.05) is 38.2 Å². The van der Waals surface area contributed by atoms with E-state index in [9.17, 15) is 9.59 Å². The van der Waals surface area contributed by atoms with Crippen molar-refractivity contribution in [3.63, 3.8) is 0 Å². The molecule has 0 atom stereocenters. The van der Waals surface area contributed by atoms with Gasteiger partial charge in [-0.15, -0.1) is 0 Å². The van der Waals surface area contributed by atoms with Gasteiger partial charge in [0.25, 0.3) is 0 Å². The molecule has 2 amide bonds. The first-order valence-corrected chi connectivity index (χ1v) is 9.79. The maximum absolute atomic E-state index is 13.0. The Labute approximate surface area is 171 Å². The van der Waals surface area contributed by atoms with Gasteiger partial charge in [-0.05, 0) is 38.1 Å². The number of hydrogen-bond donors (Lipinski definition) is 1. The molecule has 1 saturated heterocycles. The highest BCUT2D eigenvalue weighted by molar-refractivity contribution is 6.04. The molecule has 7 nitrogen and oxygen atoms in total. The van der Waals surface area contributed by atoms with E-state index in [1.165, 1.54) is 0 Å². The molecule has 7 heteroatoms. The zero-order valence-electron chi connectivity index (χ0n) is 17.2. The van der Waals surface area contributed by atoms with Crippen LogP contribution in [0.3, 0.4) is 0 Å². The summed E-state index contributed by atoms with van der Waals surface area (Å²) in [5, 5.41) is 2.83. The van der Waals surface area contributed by atoms with Gasteiger partial charge >= 0.3 is 0 Å². The van der Waals surface area contributed by atoms with E-state index >= 15 is 0 Å². The summed E-state index contributed by atoms with van der Waals surface area (Å²) >= 11 is 0. The Hall–Kier alpha value is -3.09. The number of methoxy groups -OCH3 is 1. The summed E-state index contributed by atoms with van der Waals surface area (Å²) in [7, 11) is 1.66. The Morgan fingerprint density at radius 3 is 2.41 bits per heavy atom. The first-order chi connectivity index (χ1) is 13.9. The van der Waals surface area contributed by atoms with Crippen molar-refractivity contribution >= 4 is 17.5 Å². The van der Waals surface area contributed by atoms with E-state index in [0.29, 0.717) is 32.7 Å². The van der Waals surface area contributed by atoms with Crippen LogP contribution in [0.2, 0.25) is 0 Å². The number of piperazine rings is 1. The maximum atomic E-state index is 13.0. The Balaban J connectivity index is 1.58. The Morgan fingerprint density at radius 2 is 1.76 bits per heavy atom. The highest BCUT2D eigenvalue weighted by atomic mass is 16.5. The van der Waals surface area contributed by atoms with Gasteiger partial charge in [0.1, 0.15) is 11.2 Å². The third kappa shape index (κ3) is 4.67. The van der Waals surface area contributed by atoms with Crippen LogP contribution >= 0.6 is 0 Å². The van der Waals surface area contributed by atoms with Crippen molar-refractivity contribution in [1.82, 2.24) is 15.2 Å². The molecule has 29 heavy (non-hydrogen) atoms. The van der Waals surface area contributed by atoms with Gasteiger partial charge in [0.15, 0.2) is 0 Å². The molecule has 1 fully saturated rings. The molecule has 0 saturated carbocycles. The summed E-state index contributed by atoms with van der Waals surface area (Å²) in [6.45, 7) is 6.17. The van der Waals surface area contributed by atoms with Crippen molar-refractivity contribution in [3.05, 3.63) is 54.4 Å². The normalized spacial score (nSPS) is 14.4. The van der Waals surface area contributed by atoms with E-state index in [0.717, 1.165) is 17.1 Å². The monoisotopic (exact) mass is 396 g/mol. The van der Waals surface area contributed by atoms with Crippen molar-refractivity contribution in [2.24, 2.45) is 5.41 Å². The van der Waals surface area contributed by atoms with Gasteiger partial charge in [-0.2, -0.15) is 0 Å². The molecule has 1 aliphatic rings. The summed E-state index contributed by atoms with van der Waals surface area (Å²) < 4.78 is 5.44. The van der Waals surface area contributed by atoms with Crippen LogP contribution in [0.25, 0.3) is 0 Å². The Morgan fingerprint density at radius 1 is 1.07 bits per heavy atom. The summed E-state index contributed by atoms with van der Waals surface area (Å²) in [5.41, 5.74) is 0.644. The zero-order valence-corrected chi connectivity index (χ0v) is 17.2. The lowest BCUT2D eigenvalue weighted by atomic mass is 9.90. The fourth-order valence-electron chi connectivity index (χ4n) is 3.43. The van der Waals surface area contributed by atoms with Crippen LogP contribution in [0.1, 0.15) is 19.5 Å². The molecule has 0 radical (unpaired) electrons. The lowest BCUT2D eigenvalue weighted by Crippen LogP contribution is -2.55. The standard InChI is InChI=1S/C22H28N4O3/c1-22(2,20(27)24-16-17-8-6-7-11-23-17)21(28)26-14-12-25(13-15-26)18-9-4-5-10-19(18)29-3/h4-11H,12-16H2,1-3H3,(H,24,27). The van der Waals surface area contributed by atoms with Gasteiger partial charge in [0, 0.05) is 32.4 Å². The van der Waals surface area contributed by atoms with Gasteiger partial charge in [-0.3, -0.25) is 14.6 Å². The lowest BCUT2D eigenvalue weighted by Gasteiger charge is -2.39. The first kappa shape index (κ1) is 20.6. The van der Waals surface area contributed by atoms with Gasteiger partial charge in [0.05, 0.1) is 25.0 Å². The molecule has 3 rings (SSSR count). The third-order valence-corrected chi connectivity index (χ3v) is 5.25. The highest BCUT2D eigenvalue weighted by Crippen LogP contribution is 2.29. The minimum absolute atomic E-state index is 0.157. The molecule has 1 N–H and O–H groups in total. The topological polar surface area (TPSA) is 74.8 Å². The van der Waals surface area contributed by atoms with E-state index < -0.39 is 5.41 Å². The number of carbonyl (C=O) groups excluding carboxylic acids is 2. The van der Waals surface area contributed by atoms with E-state index in [-0.39, 0.29) is 11.8 Å². The van der Waals surface area contributed by atoms with Crippen molar-refractivity contribution < 1.29 is 14.3 Å². The molecule has 2 aromatic rings. The van der Waals surface area contributed by atoms with Crippen molar-refractivity contribution in [3.8, 4) is 5.75 Å². The molecule has 0 bridgehead atoms. The Kier molecular flexibility index (Phi) is 6.36. The van der Waals surface area contributed by atoms with E-state index in [1.54, 1.807) is 32.1 Å². The number of carbonyl (C=O) groups is 2. The van der Waals surface area contributed by atoms with Gasteiger partial charge < -0.3 is 19.9 Å². The number of anilines is 1. The minimum Gasteiger partial charge on any atom is -0.495 e. The predicted octanol–water partition coefficient (Wildman–Crippen LogP) is 2.08. The second-order valence-electron chi connectivity index (χ2n) is 7.58. The SMILES string of the molecule is COc1ccccc1N1CCN(C(=O)C(C)(C)C(=O)NCc2ccccn2)CC1. The number of amides is 2. The number of hydrogen-bond acceptors (Lipinski definition) is 5. The largest absolute Gasteiger partial charge is 0.495 e. The summed E-state index contributed by atoms with van der Waals surface area (Å²) in [6, 6.07) is 13.4. The first-order valence-electron chi connectivity index (χ1n) is 9.79. The fourth-order valence-corrected chi connectivity index (χ4v) is 3.43. The lowest BCUT2D eigenvalue weighted by molar-refractivity contribution is -0.148. The van der Waals surface area contributed by atoms with E-state index in [2.05, 4.69) is 15.2 Å². The summed E-state index contributed by atoms with van der Waals surface area (Å²) in [6.07, 6.45) is 1.68. The molecule has 0 unspecified atom stereocenters. The maximum Gasteiger partial charge on any atom is 0.237 e. The van der Waals surface area contributed by atoms with Crippen LogP contribution in [0.5, 0.6) is 5.75 Å². The average Bonchev–Trinajstić information content (AvgIpc) is 2.77. The van der Waals surface area contributed by atoms with E-state index in [4.69, 9.17) is 4.74 Å². The molecule has 154 valence electrons. The highest BCUT2D eigenvalue weighted by Gasteiger charge is 2.40. The van der Waals surface area contributed by atoms with Crippen LogP contribution in [0.4, 0.5) is 5.69 Å². The van der Waals surface area contributed by atoms with Gasteiger partial charge in [-0.1, -0.05) is 18.2 Å². The van der Waals surface area contributed by atoms with Crippen LogP contribution in [-0.4, -0.2) is 55.0 Å². The second-order valence-corrected chi connectivity index (χ2v) is 7.58. The number of rotatable bonds is 6. The number of ether oxygens (including phenoxy) is 1. The summed E-state index contributed by atoms with van der Waals surface area (Å²) in [4.78, 5) is 33.9. The van der Waals surface area contributed by atoms with Crippen molar-refractivity contribution in [1.29, 1.82) is 0 Å². The van der Waals surface area contributed by atoms with Crippen LogP contribution < -0.4 is 15.0 Å². The molecular weight excluding hydrogens is 368 g/mol. The average molecular weight is 396 g/mol. The molecule has 1 aliphatic heterocycles. The number of aromatic nitrogens is 1. The number of pyridine rings is 1. The number of nitrogens with one attached hydrogen (secondary N) is 1. The van der Waals surface area contributed by atoms with E-state index in [1.807, 2.05) is 42.5 Å². The smallest absolute Gasteiger partial charge is 0.237 e. The molecule has 2 heterocycles. The molecule has 1 aromatic carbocycles. The fraction of sp³-hybridized carbons (Fsp3) is 0.409. The number of para-hydroxylation sites is 2. The molecular formula is C22H28N4O3. The predicted molar refractivity (Wildman–Crippen MR) is 112 cm³/mol. The van der Waals surface area contributed by atoms with Crippen molar-refractivity contribution in [2.45, 2.75) is 20.4 Å².